The highest BCUT2D eigenvalue weighted by Gasteiger charge is 2.34. The molecule has 94 valence electrons. The van der Waals surface area contributed by atoms with Crippen LogP contribution >= 0.6 is 0 Å². The quantitative estimate of drug-likeness (QED) is 0.880. The summed E-state index contributed by atoms with van der Waals surface area (Å²) in [5, 5.41) is 9.12. The maximum atomic E-state index is 13.0. The fourth-order valence-corrected chi connectivity index (χ4v) is 3.79. The fraction of sp³-hybridized carbons (Fsp3) is 0.455. The van der Waals surface area contributed by atoms with Crippen molar-refractivity contribution in [3.8, 4) is 0 Å². The van der Waals surface area contributed by atoms with Crippen molar-refractivity contribution in [3.05, 3.63) is 30.1 Å². The number of benzene rings is 1. The highest BCUT2D eigenvalue weighted by atomic mass is 32.2. The van der Waals surface area contributed by atoms with E-state index in [0.29, 0.717) is 13.0 Å². The molecule has 6 heteroatoms. The molecular weight excluding hydrogens is 245 g/mol. The van der Waals surface area contributed by atoms with Crippen LogP contribution in [0.25, 0.3) is 0 Å². The molecule has 1 aliphatic rings. The summed E-state index contributed by atoms with van der Waals surface area (Å²) >= 11 is 0. The Balaban J connectivity index is 2.36. The van der Waals surface area contributed by atoms with Gasteiger partial charge in [0.25, 0.3) is 0 Å². The Kier molecular flexibility index (Phi) is 3.46. The average molecular weight is 259 g/mol. The molecule has 2 rings (SSSR count). The second-order valence-corrected chi connectivity index (χ2v) is 5.94. The van der Waals surface area contributed by atoms with Crippen molar-refractivity contribution in [2.75, 3.05) is 13.2 Å². The molecule has 1 aromatic rings. The Morgan fingerprint density at radius 2 is 2.24 bits per heavy atom. The van der Waals surface area contributed by atoms with Gasteiger partial charge in [-0.3, -0.25) is 0 Å². The molecule has 1 heterocycles. The highest BCUT2D eigenvalue weighted by molar-refractivity contribution is 7.89. The van der Waals surface area contributed by atoms with E-state index < -0.39 is 15.8 Å². The molecule has 0 aliphatic carbocycles. The van der Waals surface area contributed by atoms with Crippen LogP contribution in [0.4, 0.5) is 4.39 Å². The van der Waals surface area contributed by atoms with Gasteiger partial charge in [0.1, 0.15) is 5.82 Å². The van der Waals surface area contributed by atoms with Crippen LogP contribution in [0.5, 0.6) is 0 Å². The Hall–Kier alpha value is -0.980. The van der Waals surface area contributed by atoms with Gasteiger partial charge in [-0.2, -0.15) is 4.31 Å². The first kappa shape index (κ1) is 12.5. The summed E-state index contributed by atoms with van der Waals surface area (Å²) in [6.07, 6.45) is 1.37. The zero-order valence-electron chi connectivity index (χ0n) is 9.21. The number of hydrogen-bond acceptors (Lipinski definition) is 3. The van der Waals surface area contributed by atoms with Crippen molar-refractivity contribution in [2.45, 2.75) is 23.8 Å². The van der Waals surface area contributed by atoms with Crippen molar-refractivity contribution < 1.29 is 17.9 Å². The minimum Gasteiger partial charge on any atom is -0.395 e. The minimum atomic E-state index is -3.69. The van der Waals surface area contributed by atoms with E-state index in [1.165, 1.54) is 22.5 Å². The monoisotopic (exact) mass is 259 g/mol. The van der Waals surface area contributed by atoms with Gasteiger partial charge in [0.2, 0.25) is 10.0 Å². The zero-order valence-corrected chi connectivity index (χ0v) is 10.0. The van der Waals surface area contributed by atoms with Gasteiger partial charge in [-0.25, -0.2) is 12.8 Å². The molecule has 1 aliphatic heterocycles. The van der Waals surface area contributed by atoms with Crippen LogP contribution in [-0.2, 0) is 10.0 Å². The lowest BCUT2D eigenvalue weighted by Crippen LogP contribution is -2.37. The molecule has 1 saturated heterocycles. The number of aliphatic hydroxyl groups excluding tert-OH is 1. The number of halogens is 1. The van der Waals surface area contributed by atoms with Crippen molar-refractivity contribution in [2.24, 2.45) is 0 Å². The van der Waals surface area contributed by atoms with Crippen LogP contribution in [0.3, 0.4) is 0 Å². The SMILES string of the molecule is O=S(=O)(c1cccc(F)c1)N1CCCC1CO. The third-order valence-electron chi connectivity index (χ3n) is 2.94. The van der Waals surface area contributed by atoms with Gasteiger partial charge in [0, 0.05) is 12.6 Å². The predicted octanol–water partition coefficient (Wildman–Crippen LogP) is 0.971. The summed E-state index contributed by atoms with van der Waals surface area (Å²) < 4.78 is 38.7. The number of nitrogens with zero attached hydrogens (tertiary/aromatic N) is 1. The summed E-state index contributed by atoms with van der Waals surface area (Å²) in [5.41, 5.74) is 0. The molecule has 1 unspecified atom stereocenters. The van der Waals surface area contributed by atoms with Gasteiger partial charge in [0.15, 0.2) is 0 Å². The van der Waals surface area contributed by atoms with E-state index in [-0.39, 0.29) is 17.5 Å². The number of sulfonamides is 1. The molecule has 0 aromatic heterocycles. The lowest BCUT2D eigenvalue weighted by Gasteiger charge is -2.22. The van der Waals surface area contributed by atoms with Gasteiger partial charge >= 0.3 is 0 Å². The van der Waals surface area contributed by atoms with E-state index in [9.17, 15) is 12.8 Å². The average Bonchev–Trinajstić information content (AvgIpc) is 2.77. The smallest absolute Gasteiger partial charge is 0.243 e. The molecule has 1 fully saturated rings. The maximum Gasteiger partial charge on any atom is 0.243 e. The van der Waals surface area contributed by atoms with Crippen LogP contribution < -0.4 is 0 Å². The fourth-order valence-electron chi connectivity index (χ4n) is 2.07. The first-order valence-corrected chi connectivity index (χ1v) is 6.88. The summed E-state index contributed by atoms with van der Waals surface area (Å²) in [6.45, 7) is 0.179. The highest BCUT2D eigenvalue weighted by Crippen LogP contribution is 2.25. The standard InChI is InChI=1S/C11H14FNO3S/c12-9-3-1-5-11(7-9)17(15,16)13-6-2-4-10(13)8-14/h1,3,5,7,10,14H,2,4,6,8H2. The Labute approximate surface area is 99.7 Å². The minimum absolute atomic E-state index is 0.0575. The third kappa shape index (κ3) is 2.34. The molecule has 0 saturated carbocycles. The summed E-state index contributed by atoms with van der Waals surface area (Å²) in [5.74, 6) is -0.578. The number of hydrogen-bond donors (Lipinski definition) is 1. The van der Waals surface area contributed by atoms with E-state index in [2.05, 4.69) is 0 Å². The van der Waals surface area contributed by atoms with Gasteiger partial charge in [-0.05, 0) is 31.0 Å². The van der Waals surface area contributed by atoms with E-state index >= 15 is 0 Å². The lowest BCUT2D eigenvalue weighted by molar-refractivity contribution is 0.213. The van der Waals surface area contributed by atoms with Crippen LogP contribution in [0.1, 0.15) is 12.8 Å². The molecule has 0 amide bonds. The number of aliphatic hydroxyl groups is 1. The Bertz CT molecular complexity index is 503. The lowest BCUT2D eigenvalue weighted by atomic mass is 10.2. The van der Waals surface area contributed by atoms with Gasteiger partial charge in [-0.15, -0.1) is 0 Å². The van der Waals surface area contributed by atoms with Gasteiger partial charge in [0.05, 0.1) is 11.5 Å². The summed E-state index contributed by atoms with van der Waals surface area (Å²) in [6, 6.07) is 4.55. The second-order valence-electron chi connectivity index (χ2n) is 4.05. The largest absolute Gasteiger partial charge is 0.395 e. The van der Waals surface area contributed by atoms with E-state index in [1.807, 2.05) is 0 Å². The van der Waals surface area contributed by atoms with Crippen LogP contribution in [0.15, 0.2) is 29.2 Å². The van der Waals surface area contributed by atoms with E-state index in [0.717, 1.165) is 12.5 Å². The van der Waals surface area contributed by atoms with Crippen molar-refractivity contribution in [3.63, 3.8) is 0 Å². The molecule has 1 aromatic carbocycles. The van der Waals surface area contributed by atoms with Crippen LogP contribution in [0.2, 0.25) is 0 Å². The third-order valence-corrected chi connectivity index (χ3v) is 4.88. The van der Waals surface area contributed by atoms with Crippen molar-refractivity contribution in [1.82, 2.24) is 4.31 Å². The number of rotatable bonds is 3. The molecular formula is C11H14FNO3S. The first-order valence-electron chi connectivity index (χ1n) is 5.44. The van der Waals surface area contributed by atoms with E-state index in [1.54, 1.807) is 0 Å². The summed E-state index contributed by atoms with van der Waals surface area (Å²) in [7, 11) is -3.69. The van der Waals surface area contributed by atoms with Crippen LogP contribution in [0, 0.1) is 5.82 Å². The van der Waals surface area contributed by atoms with Crippen LogP contribution in [-0.4, -0.2) is 37.0 Å². The molecule has 0 bridgehead atoms. The van der Waals surface area contributed by atoms with Crippen molar-refractivity contribution in [1.29, 1.82) is 0 Å². The molecule has 0 radical (unpaired) electrons. The van der Waals surface area contributed by atoms with Crippen molar-refractivity contribution >= 4 is 10.0 Å². The first-order chi connectivity index (χ1) is 8.05. The Morgan fingerprint density at radius 3 is 2.88 bits per heavy atom. The molecule has 4 nitrogen and oxygen atoms in total. The molecule has 1 N–H and O–H groups in total. The topological polar surface area (TPSA) is 57.6 Å². The summed E-state index contributed by atoms with van der Waals surface area (Å²) in [4.78, 5) is -0.0575. The van der Waals surface area contributed by atoms with Gasteiger partial charge in [-0.1, -0.05) is 6.07 Å². The molecule has 17 heavy (non-hydrogen) atoms. The second kappa shape index (κ2) is 4.72. The Morgan fingerprint density at radius 1 is 1.47 bits per heavy atom. The molecule has 0 spiro atoms. The molecule has 1 atom stereocenters. The van der Waals surface area contributed by atoms with Gasteiger partial charge < -0.3 is 5.11 Å². The predicted molar refractivity (Wildman–Crippen MR) is 60.4 cm³/mol. The maximum absolute atomic E-state index is 13.0. The van der Waals surface area contributed by atoms with E-state index in [4.69, 9.17) is 5.11 Å². The zero-order chi connectivity index (χ0) is 12.5. The normalized spacial score (nSPS) is 21.9.